The van der Waals surface area contributed by atoms with Gasteiger partial charge in [-0.05, 0) is 26.0 Å². The number of thiazole rings is 1. The molecule has 9 N–H and O–H groups in total. The first kappa shape index (κ1) is 37.7. The molecule has 0 spiro atoms. The van der Waals surface area contributed by atoms with Gasteiger partial charge in [-0.15, -0.1) is 11.3 Å². The van der Waals surface area contributed by atoms with Crippen LogP contribution in [0.2, 0.25) is 5.02 Å². The SMILES string of the molecule is CC(C)(O/N=C(\C(=O)N[C@@H]1C(=O)N2C[C@@](C(=O)O)(N3CCN(NC(=O)CN(O)C(=O)c4ccc(O)c(O)c4Cl)C3=O)S[C@H]12)c1csc(N)n1)C(=O)O. The molecule has 52 heavy (non-hydrogen) atoms. The van der Waals surface area contributed by atoms with Crippen LogP contribution in [0.4, 0.5) is 9.93 Å². The summed E-state index contributed by atoms with van der Waals surface area (Å²) < 4.78 is 0. The van der Waals surface area contributed by atoms with Gasteiger partial charge in [0, 0.05) is 11.9 Å². The van der Waals surface area contributed by atoms with Crippen LogP contribution in [0.25, 0.3) is 0 Å². The molecule has 3 atom stereocenters. The number of β-lactam (4-membered cyclic amide) rings is 1. The highest BCUT2D eigenvalue weighted by Crippen LogP contribution is 2.49. The summed E-state index contributed by atoms with van der Waals surface area (Å²) in [5, 5.41) is 55.7. The molecule has 6 amide bonds. The van der Waals surface area contributed by atoms with Crippen molar-refractivity contribution in [1.29, 1.82) is 0 Å². The van der Waals surface area contributed by atoms with E-state index >= 15 is 0 Å². The van der Waals surface area contributed by atoms with Crippen LogP contribution in [0, 0.1) is 0 Å². The zero-order valence-corrected chi connectivity index (χ0v) is 29.1. The number of nitrogens with one attached hydrogen (secondary N) is 2. The van der Waals surface area contributed by atoms with Crippen molar-refractivity contribution >= 4 is 87.1 Å². The summed E-state index contributed by atoms with van der Waals surface area (Å²) in [6, 6.07) is -0.414. The Kier molecular flexibility index (Phi) is 10.0. The third-order valence-corrected chi connectivity index (χ3v) is 10.6. The van der Waals surface area contributed by atoms with Gasteiger partial charge in [-0.2, -0.15) is 0 Å². The summed E-state index contributed by atoms with van der Waals surface area (Å²) in [6.07, 6.45) is 0. The summed E-state index contributed by atoms with van der Waals surface area (Å²) in [4.78, 5) is 98.3. The molecule has 0 bridgehead atoms. The molecule has 278 valence electrons. The number of amides is 6. The summed E-state index contributed by atoms with van der Waals surface area (Å²) >= 11 is 7.45. The summed E-state index contributed by atoms with van der Waals surface area (Å²) in [5.74, 6) is -8.45. The molecule has 3 aliphatic rings. The van der Waals surface area contributed by atoms with Crippen LogP contribution in [0.3, 0.4) is 0 Å². The minimum Gasteiger partial charge on any atom is -0.504 e. The lowest BCUT2D eigenvalue weighted by Crippen LogP contribution is -2.68. The number of carbonyl (C=O) groups is 7. The van der Waals surface area contributed by atoms with Gasteiger partial charge in [0.05, 0.1) is 23.7 Å². The minimum absolute atomic E-state index is 0.0410. The lowest BCUT2D eigenvalue weighted by atomic mass is 10.1. The van der Waals surface area contributed by atoms with Crippen LogP contribution in [0.15, 0.2) is 22.7 Å². The second kappa shape index (κ2) is 13.9. The maximum Gasteiger partial charge on any atom is 0.350 e. The fourth-order valence-corrected chi connectivity index (χ4v) is 7.47. The number of nitrogens with two attached hydrogens (primary N) is 1. The molecule has 0 saturated carbocycles. The number of halogens is 1. The number of nitrogen functional groups attached to an aromatic ring is 1. The number of aromatic nitrogens is 1. The van der Waals surface area contributed by atoms with Crippen molar-refractivity contribution in [3.05, 3.63) is 33.8 Å². The number of aliphatic carboxylic acids is 2. The summed E-state index contributed by atoms with van der Waals surface area (Å²) in [7, 11) is 0. The van der Waals surface area contributed by atoms with Crippen LogP contribution in [0.5, 0.6) is 11.5 Å². The Morgan fingerprint density at radius 3 is 2.50 bits per heavy atom. The van der Waals surface area contributed by atoms with Gasteiger partial charge in [-0.1, -0.05) is 28.5 Å². The van der Waals surface area contributed by atoms with E-state index in [1.807, 2.05) is 0 Å². The number of oxime groups is 1. The number of carbonyl (C=O) groups excluding carboxylic acids is 5. The highest BCUT2D eigenvalue weighted by Gasteiger charge is 2.66. The zero-order chi connectivity index (χ0) is 38.4. The first-order valence-corrected chi connectivity index (χ1v) is 16.8. The van der Waals surface area contributed by atoms with Crippen LogP contribution in [0.1, 0.15) is 29.9 Å². The van der Waals surface area contributed by atoms with E-state index in [4.69, 9.17) is 22.2 Å². The Morgan fingerprint density at radius 2 is 1.88 bits per heavy atom. The van der Waals surface area contributed by atoms with Gasteiger partial charge in [-0.25, -0.2) is 29.4 Å². The third kappa shape index (κ3) is 6.74. The van der Waals surface area contributed by atoms with Crippen molar-refractivity contribution in [3.8, 4) is 11.5 Å². The van der Waals surface area contributed by atoms with E-state index < -0.39 is 104 Å². The number of fused-ring (bicyclic) bond motifs is 1. The third-order valence-electron chi connectivity index (χ3n) is 7.88. The lowest BCUT2D eigenvalue weighted by Gasteiger charge is -2.41. The number of hydrogen-bond acceptors (Lipinski definition) is 16. The number of phenolic OH excluding ortho intramolecular Hbond substituents is 2. The van der Waals surface area contributed by atoms with Crippen LogP contribution in [-0.2, 0) is 28.8 Å². The molecule has 0 aliphatic carbocycles. The number of carboxylic acids is 2. The van der Waals surface area contributed by atoms with Crippen LogP contribution in [-0.4, -0.2) is 146 Å². The van der Waals surface area contributed by atoms with Crippen molar-refractivity contribution < 1.29 is 64.0 Å². The van der Waals surface area contributed by atoms with Crippen molar-refractivity contribution in [1.82, 2.24) is 35.6 Å². The lowest BCUT2D eigenvalue weighted by molar-refractivity contribution is -0.161. The molecule has 22 nitrogen and oxygen atoms in total. The maximum atomic E-state index is 13.4. The van der Waals surface area contributed by atoms with Gasteiger partial charge in [0.1, 0.15) is 23.7 Å². The number of hydrogen-bond donors (Lipinski definition) is 8. The highest BCUT2D eigenvalue weighted by molar-refractivity contribution is 8.02. The van der Waals surface area contributed by atoms with Gasteiger partial charge in [0.2, 0.25) is 16.4 Å². The number of rotatable bonds is 12. The van der Waals surface area contributed by atoms with Gasteiger partial charge in [-0.3, -0.25) is 34.7 Å². The van der Waals surface area contributed by atoms with Crippen LogP contribution >= 0.6 is 34.7 Å². The molecule has 0 unspecified atom stereocenters. The molecular formula is C27H28ClN9O13S2. The topological polar surface area (TPSA) is 318 Å². The van der Waals surface area contributed by atoms with Gasteiger partial charge < -0.3 is 41.2 Å². The number of hydroxylamine groups is 2. The van der Waals surface area contributed by atoms with Gasteiger partial charge in [0.25, 0.3) is 17.7 Å². The Bertz CT molecular complexity index is 1930. The number of benzene rings is 1. The molecule has 2 aromatic rings. The normalized spacial score (nSPS) is 21.4. The second-order valence-electron chi connectivity index (χ2n) is 11.7. The quantitative estimate of drug-likeness (QED) is 0.0414. The average molecular weight is 786 g/mol. The van der Waals surface area contributed by atoms with E-state index in [-0.39, 0.29) is 29.0 Å². The van der Waals surface area contributed by atoms with E-state index in [0.717, 1.165) is 38.3 Å². The molecule has 3 aliphatic heterocycles. The Hall–Kier alpha value is -5.59. The molecule has 1 aromatic carbocycles. The minimum atomic E-state index is -2.08. The number of anilines is 1. The number of thioether (sulfide) groups is 1. The van der Waals surface area contributed by atoms with Crippen molar-refractivity contribution in [3.63, 3.8) is 0 Å². The average Bonchev–Trinajstić information content (AvgIpc) is 3.78. The van der Waals surface area contributed by atoms with E-state index in [1.54, 1.807) is 0 Å². The van der Waals surface area contributed by atoms with Crippen LogP contribution < -0.4 is 16.5 Å². The van der Waals surface area contributed by atoms with E-state index in [0.29, 0.717) is 11.8 Å². The molecule has 5 rings (SSSR count). The fraction of sp³-hybridized carbons (Fsp3) is 0.370. The largest absolute Gasteiger partial charge is 0.504 e. The Morgan fingerprint density at radius 1 is 1.19 bits per heavy atom. The summed E-state index contributed by atoms with van der Waals surface area (Å²) in [6.45, 7) is 0.300. The zero-order valence-electron chi connectivity index (χ0n) is 26.7. The van der Waals surface area contributed by atoms with E-state index in [1.165, 1.54) is 19.2 Å². The molecule has 0 radical (unpaired) electrons. The van der Waals surface area contributed by atoms with E-state index in [2.05, 4.69) is 20.9 Å². The Labute approximate surface area is 304 Å². The Balaban J connectivity index is 1.25. The van der Waals surface area contributed by atoms with Crippen molar-refractivity contribution in [2.24, 2.45) is 5.16 Å². The number of hydrazine groups is 1. The molecule has 4 heterocycles. The molecule has 3 fully saturated rings. The highest BCUT2D eigenvalue weighted by atomic mass is 35.5. The smallest absolute Gasteiger partial charge is 0.350 e. The summed E-state index contributed by atoms with van der Waals surface area (Å²) in [5.41, 5.74) is 4.90. The van der Waals surface area contributed by atoms with Crippen molar-refractivity contribution in [2.45, 2.75) is 35.7 Å². The number of nitrogens with zero attached hydrogens (tertiary/aromatic N) is 6. The fourth-order valence-electron chi connectivity index (χ4n) is 5.04. The maximum absolute atomic E-state index is 13.4. The van der Waals surface area contributed by atoms with Crippen molar-refractivity contribution in [2.75, 3.05) is 31.9 Å². The number of aromatic hydroxyl groups is 2. The monoisotopic (exact) mass is 785 g/mol. The standard InChI is InChI=1S/C27H28ClN9O13S2/c1-26(2,22(44)45)50-33-15(11-8-51-24(29)30-11)18(41)31-16-20(43)34-9-27(23(46)47,52-21(16)34)35-5-6-36(25(35)48)32-13(39)7-37(49)19(42)10-3-4-12(38)17(40)14(10)28/h3-4,8,16,21,38,40,49H,5-7,9H2,1-2H3,(H2,29,30)(H,31,41)(H,32,39)(H,44,45)(H,46,47)/b33-15-/t16-,21-,27-/m1/s1. The van der Waals surface area contributed by atoms with E-state index in [9.17, 15) is 59.2 Å². The molecule has 1 aromatic heterocycles. The second-order valence-corrected chi connectivity index (χ2v) is 14.4. The predicted molar refractivity (Wildman–Crippen MR) is 176 cm³/mol. The van der Waals surface area contributed by atoms with Gasteiger partial charge >= 0.3 is 18.0 Å². The predicted octanol–water partition coefficient (Wildman–Crippen LogP) is -1.14. The molecular weight excluding hydrogens is 758 g/mol. The molecule has 3 saturated heterocycles. The first-order valence-electron chi connectivity index (χ1n) is 14.6. The number of phenols is 2. The van der Waals surface area contributed by atoms with Gasteiger partial charge in [0.15, 0.2) is 22.3 Å². The number of carboxylic acid groups (broad SMARTS) is 2. The molecule has 25 heteroatoms. The number of urea groups is 1. The first-order chi connectivity index (χ1) is 24.3.